The van der Waals surface area contributed by atoms with Gasteiger partial charge in [-0.2, -0.15) is 0 Å². The van der Waals surface area contributed by atoms with Crippen molar-refractivity contribution >= 4 is 11.8 Å². The predicted octanol–water partition coefficient (Wildman–Crippen LogP) is 2.18. The molecule has 3 rings (SSSR count). The molecule has 1 aromatic carbocycles. The number of carbonyl (C=O) groups excluding carboxylic acids is 2. The lowest BCUT2D eigenvalue weighted by molar-refractivity contribution is -0.141. The maximum Gasteiger partial charge on any atom is 0.225 e. The minimum Gasteiger partial charge on any atom is -0.353 e. The van der Waals surface area contributed by atoms with Crippen molar-refractivity contribution < 1.29 is 9.59 Å². The van der Waals surface area contributed by atoms with E-state index in [1.165, 1.54) is 5.56 Å². The molecule has 4 nitrogen and oxygen atoms in total. The molecule has 2 fully saturated rings. The van der Waals surface area contributed by atoms with Crippen LogP contribution in [0.5, 0.6) is 0 Å². The van der Waals surface area contributed by atoms with Crippen molar-refractivity contribution in [1.82, 2.24) is 10.2 Å². The van der Waals surface area contributed by atoms with Crippen LogP contribution in [0.15, 0.2) is 24.3 Å². The van der Waals surface area contributed by atoms with Gasteiger partial charge in [0.25, 0.3) is 0 Å². The highest BCUT2D eigenvalue weighted by Gasteiger charge is 2.40. The Morgan fingerprint density at radius 2 is 1.86 bits per heavy atom. The minimum absolute atomic E-state index is 0.0995. The molecule has 0 unspecified atom stereocenters. The standard InChI is InChI=1S/C17H22N2O2/c1-11-3-5-12(6-4-11)16-14(9-10-15(20)19(16)2)17(21)18-13-7-8-13/h3-6,13-14,16H,7-10H2,1-2H3,(H,18,21)/t14-,16+/m1/s1. The number of likely N-dealkylation sites (tertiary alicyclic amines) is 1. The lowest BCUT2D eigenvalue weighted by atomic mass is 9.83. The molecule has 1 heterocycles. The van der Waals surface area contributed by atoms with Crippen LogP contribution in [-0.2, 0) is 9.59 Å². The molecule has 112 valence electrons. The number of benzene rings is 1. The van der Waals surface area contributed by atoms with Crippen LogP contribution in [-0.4, -0.2) is 29.8 Å². The van der Waals surface area contributed by atoms with E-state index in [0.717, 1.165) is 18.4 Å². The zero-order chi connectivity index (χ0) is 15.0. The molecule has 21 heavy (non-hydrogen) atoms. The molecule has 2 aliphatic rings. The first kappa shape index (κ1) is 14.1. The summed E-state index contributed by atoms with van der Waals surface area (Å²) in [7, 11) is 1.81. The summed E-state index contributed by atoms with van der Waals surface area (Å²) >= 11 is 0. The van der Waals surface area contributed by atoms with E-state index in [-0.39, 0.29) is 23.8 Å². The van der Waals surface area contributed by atoms with Crippen LogP contribution in [0, 0.1) is 12.8 Å². The van der Waals surface area contributed by atoms with Crippen LogP contribution in [0.25, 0.3) is 0 Å². The Balaban J connectivity index is 1.86. The Hall–Kier alpha value is -1.84. The van der Waals surface area contributed by atoms with E-state index >= 15 is 0 Å². The summed E-state index contributed by atoms with van der Waals surface area (Å²) in [5.74, 6) is 0.0782. The fraction of sp³-hybridized carbons (Fsp3) is 0.529. The molecule has 1 aliphatic heterocycles. The zero-order valence-corrected chi connectivity index (χ0v) is 12.6. The number of aryl methyl sites for hydroxylation is 1. The van der Waals surface area contributed by atoms with Crippen LogP contribution < -0.4 is 5.32 Å². The molecule has 0 radical (unpaired) electrons. The second kappa shape index (κ2) is 5.51. The monoisotopic (exact) mass is 286 g/mol. The number of nitrogens with one attached hydrogen (secondary N) is 1. The molecule has 1 aliphatic carbocycles. The quantitative estimate of drug-likeness (QED) is 0.926. The number of hydrogen-bond acceptors (Lipinski definition) is 2. The van der Waals surface area contributed by atoms with E-state index in [1.54, 1.807) is 4.90 Å². The van der Waals surface area contributed by atoms with Gasteiger partial charge < -0.3 is 10.2 Å². The summed E-state index contributed by atoms with van der Waals surface area (Å²) in [6.07, 6.45) is 3.27. The lowest BCUT2D eigenvalue weighted by Crippen LogP contribution is -2.46. The maximum absolute atomic E-state index is 12.5. The number of amides is 2. The molecule has 0 bridgehead atoms. The minimum atomic E-state index is -0.148. The smallest absolute Gasteiger partial charge is 0.225 e. The summed E-state index contributed by atoms with van der Waals surface area (Å²) < 4.78 is 0. The van der Waals surface area contributed by atoms with Gasteiger partial charge in [-0.05, 0) is 31.7 Å². The normalized spacial score (nSPS) is 25.8. The summed E-state index contributed by atoms with van der Waals surface area (Å²) in [6, 6.07) is 8.36. The summed E-state index contributed by atoms with van der Waals surface area (Å²) in [4.78, 5) is 26.3. The van der Waals surface area contributed by atoms with Gasteiger partial charge in [0.2, 0.25) is 11.8 Å². The molecule has 1 N–H and O–H groups in total. The summed E-state index contributed by atoms with van der Waals surface area (Å²) in [6.45, 7) is 2.04. The Morgan fingerprint density at radius 1 is 1.19 bits per heavy atom. The van der Waals surface area contributed by atoms with E-state index in [4.69, 9.17) is 0 Å². The van der Waals surface area contributed by atoms with Crippen molar-refractivity contribution in [1.29, 1.82) is 0 Å². The fourth-order valence-corrected chi connectivity index (χ4v) is 3.07. The Labute approximate surface area is 125 Å². The average Bonchev–Trinajstić information content (AvgIpc) is 3.27. The van der Waals surface area contributed by atoms with Crippen LogP contribution in [0.3, 0.4) is 0 Å². The van der Waals surface area contributed by atoms with Gasteiger partial charge in [-0.15, -0.1) is 0 Å². The van der Waals surface area contributed by atoms with E-state index in [2.05, 4.69) is 5.32 Å². The van der Waals surface area contributed by atoms with Crippen molar-refractivity contribution in [3.05, 3.63) is 35.4 Å². The average molecular weight is 286 g/mol. The highest BCUT2D eigenvalue weighted by molar-refractivity contribution is 5.85. The molecule has 0 spiro atoms. The van der Waals surface area contributed by atoms with Crippen LogP contribution in [0.4, 0.5) is 0 Å². The number of hydrogen-bond donors (Lipinski definition) is 1. The number of piperidine rings is 1. The van der Waals surface area contributed by atoms with E-state index in [0.29, 0.717) is 18.9 Å². The first-order chi connectivity index (χ1) is 10.1. The molecule has 0 aromatic heterocycles. The van der Waals surface area contributed by atoms with Gasteiger partial charge in [0.15, 0.2) is 0 Å². The fourth-order valence-electron chi connectivity index (χ4n) is 3.07. The van der Waals surface area contributed by atoms with Gasteiger partial charge >= 0.3 is 0 Å². The van der Waals surface area contributed by atoms with Crippen LogP contribution >= 0.6 is 0 Å². The van der Waals surface area contributed by atoms with E-state index < -0.39 is 0 Å². The van der Waals surface area contributed by atoms with Gasteiger partial charge in [0.1, 0.15) is 0 Å². The van der Waals surface area contributed by atoms with Crippen molar-refractivity contribution in [3.8, 4) is 0 Å². The summed E-state index contributed by atoms with van der Waals surface area (Å²) in [5.41, 5.74) is 2.23. The topological polar surface area (TPSA) is 49.4 Å². The molecule has 4 heteroatoms. The van der Waals surface area contributed by atoms with Crippen molar-refractivity contribution in [2.45, 2.75) is 44.7 Å². The van der Waals surface area contributed by atoms with Gasteiger partial charge in [-0.3, -0.25) is 9.59 Å². The predicted molar refractivity (Wildman–Crippen MR) is 80.6 cm³/mol. The second-order valence-electron chi connectivity index (χ2n) is 6.29. The highest BCUT2D eigenvalue weighted by Crippen LogP contribution is 2.36. The molecular formula is C17H22N2O2. The second-order valence-corrected chi connectivity index (χ2v) is 6.29. The van der Waals surface area contributed by atoms with Gasteiger partial charge in [-0.1, -0.05) is 29.8 Å². The third kappa shape index (κ3) is 2.94. The Morgan fingerprint density at radius 3 is 2.48 bits per heavy atom. The summed E-state index contributed by atoms with van der Waals surface area (Å²) in [5, 5.41) is 3.09. The SMILES string of the molecule is Cc1ccc([C@H]2[C@H](C(=O)NC3CC3)CCC(=O)N2C)cc1. The number of nitrogens with zero attached hydrogens (tertiary/aromatic N) is 1. The molecule has 1 aromatic rings. The Bertz CT molecular complexity index is 548. The van der Waals surface area contributed by atoms with Crippen LogP contribution in [0.2, 0.25) is 0 Å². The third-order valence-electron chi connectivity index (χ3n) is 4.54. The molecule has 2 amide bonds. The lowest BCUT2D eigenvalue weighted by Gasteiger charge is -2.38. The first-order valence-corrected chi connectivity index (χ1v) is 7.69. The van der Waals surface area contributed by atoms with E-state index in [9.17, 15) is 9.59 Å². The van der Waals surface area contributed by atoms with Crippen LogP contribution in [0.1, 0.15) is 42.9 Å². The highest BCUT2D eigenvalue weighted by atomic mass is 16.2. The van der Waals surface area contributed by atoms with Gasteiger partial charge in [0, 0.05) is 19.5 Å². The maximum atomic E-state index is 12.5. The van der Waals surface area contributed by atoms with Crippen molar-refractivity contribution in [2.75, 3.05) is 7.05 Å². The van der Waals surface area contributed by atoms with Crippen molar-refractivity contribution in [3.63, 3.8) is 0 Å². The zero-order valence-electron chi connectivity index (χ0n) is 12.6. The number of carbonyl (C=O) groups is 2. The largest absolute Gasteiger partial charge is 0.353 e. The van der Waals surface area contributed by atoms with E-state index in [1.807, 2.05) is 38.2 Å². The third-order valence-corrected chi connectivity index (χ3v) is 4.54. The first-order valence-electron chi connectivity index (χ1n) is 7.69. The van der Waals surface area contributed by atoms with Gasteiger partial charge in [-0.25, -0.2) is 0 Å². The Kier molecular flexibility index (Phi) is 3.70. The van der Waals surface area contributed by atoms with Crippen molar-refractivity contribution in [2.24, 2.45) is 5.92 Å². The molecule has 1 saturated heterocycles. The molecular weight excluding hydrogens is 264 g/mol. The molecule has 2 atom stereocenters. The molecule has 1 saturated carbocycles. The van der Waals surface area contributed by atoms with Gasteiger partial charge in [0.05, 0.1) is 12.0 Å². The number of rotatable bonds is 3.